The number of ether oxygens (including phenoxy) is 2. The number of alkyl halides is 1. The van der Waals surface area contributed by atoms with E-state index < -0.39 is 0 Å². The minimum Gasteiger partial charge on any atom is -0.492 e. The fourth-order valence-electron chi connectivity index (χ4n) is 2.49. The fourth-order valence-corrected chi connectivity index (χ4v) is 3.09. The SMILES string of the molecule is CC1(C)CN(CCOc2ccc(Br)cc2)CC(CBr)O1. The van der Waals surface area contributed by atoms with E-state index in [0.29, 0.717) is 6.61 Å². The number of halogens is 2. The van der Waals surface area contributed by atoms with Crippen molar-refractivity contribution in [1.82, 2.24) is 4.90 Å². The molecule has 1 unspecified atom stereocenters. The molecule has 5 heteroatoms. The van der Waals surface area contributed by atoms with Gasteiger partial charge in [0.15, 0.2) is 0 Å². The lowest BCUT2D eigenvalue weighted by Gasteiger charge is -2.42. The highest BCUT2D eigenvalue weighted by Crippen LogP contribution is 2.22. The Labute approximate surface area is 137 Å². The number of rotatable bonds is 5. The van der Waals surface area contributed by atoms with Crippen molar-refractivity contribution in [1.29, 1.82) is 0 Å². The van der Waals surface area contributed by atoms with E-state index in [1.165, 1.54) is 0 Å². The van der Waals surface area contributed by atoms with Gasteiger partial charge in [-0.2, -0.15) is 0 Å². The molecule has 1 heterocycles. The monoisotopic (exact) mass is 405 g/mol. The molecule has 0 saturated carbocycles. The number of hydrogen-bond acceptors (Lipinski definition) is 3. The lowest BCUT2D eigenvalue weighted by molar-refractivity contribution is -0.127. The zero-order chi connectivity index (χ0) is 14.6. The standard InChI is InChI=1S/C15H21Br2NO2/c1-15(2)11-18(10-14(9-16)20-15)7-8-19-13-5-3-12(17)4-6-13/h3-6,14H,7-11H2,1-2H3. The molecule has 0 bridgehead atoms. The fraction of sp³-hybridized carbons (Fsp3) is 0.600. The summed E-state index contributed by atoms with van der Waals surface area (Å²) in [5, 5.41) is 0.875. The first-order chi connectivity index (χ1) is 9.48. The first kappa shape index (κ1) is 16.3. The van der Waals surface area contributed by atoms with Gasteiger partial charge in [0.2, 0.25) is 0 Å². The van der Waals surface area contributed by atoms with Crippen LogP contribution in [0.2, 0.25) is 0 Å². The Morgan fingerprint density at radius 2 is 2.05 bits per heavy atom. The first-order valence-electron chi connectivity index (χ1n) is 6.83. The molecule has 20 heavy (non-hydrogen) atoms. The molecule has 0 spiro atoms. The Bertz CT molecular complexity index is 422. The van der Waals surface area contributed by atoms with Crippen LogP contribution in [-0.4, -0.2) is 48.2 Å². The number of hydrogen-bond donors (Lipinski definition) is 0. The maximum Gasteiger partial charge on any atom is 0.119 e. The second-order valence-corrected chi connectivity index (χ2v) is 7.25. The van der Waals surface area contributed by atoms with Crippen LogP contribution in [0, 0.1) is 0 Å². The van der Waals surface area contributed by atoms with E-state index >= 15 is 0 Å². The van der Waals surface area contributed by atoms with Crippen molar-refractivity contribution in [3.63, 3.8) is 0 Å². The maximum absolute atomic E-state index is 6.00. The van der Waals surface area contributed by atoms with Crippen LogP contribution in [0.4, 0.5) is 0 Å². The summed E-state index contributed by atoms with van der Waals surface area (Å²) in [5.41, 5.74) is -0.0890. The Morgan fingerprint density at radius 1 is 1.35 bits per heavy atom. The molecule has 1 aromatic rings. The molecule has 1 aromatic carbocycles. The summed E-state index contributed by atoms with van der Waals surface area (Å²) >= 11 is 6.94. The van der Waals surface area contributed by atoms with Crippen LogP contribution in [0.5, 0.6) is 5.75 Å². The molecule has 0 N–H and O–H groups in total. The Hall–Kier alpha value is -0.100. The highest BCUT2D eigenvalue weighted by molar-refractivity contribution is 9.10. The van der Waals surface area contributed by atoms with E-state index in [9.17, 15) is 0 Å². The van der Waals surface area contributed by atoms with E-state index in [1.54, 1.807) is 0 Å². The average Bonchev–Trinajstić information content (AvgIpc) is 2.39. The van der Waals surface area contributed by atoms with E-state index in [4.69, 9.17) is 9.47 Å². The van der Waals surface area contributed by atoms with E-state index in [-0.39, 0.29) is 11.7 Å². The van der Waals surface area contributed by atoms with Crippen LogP contribution in [0.15, 0.2) is 28.7 Å². The Kier molecular flexibility index (Phi) is 5.90. The summed E-state index contributed by atoms with van der Waals surface area (Å²) in [5.74, 6) is 0.915. The molecule has 2 rings (SSSR count). The van der Waals surface area contributed by atoms with Crippen molar-refractivity contribution in [2.24, 2.45) is 0 Å². The van der Waals surface area contributed by atoms with Gasteiger partial charge < -0.3 is 9.47 Å². The Balaban J connectivity index is 1.79. The lowest BCUT2D eigenvalue weighted by Crippen LogP contribution is -2.54. The molecule has 1 saturated heterocycles. The summed E-state index contributed by atoms with van der Waals surface area (Å²) in [6.45, 7) is 7.81. The molecule has 0 amide bonds. The third-order valence-corrected chi connectivity index (χ3v) is 4.46. The van der Waals surface area contributed by atoms with Gasteiger partial charge in [-0.1, -0.05) is 31.9 Å². The summed E-state index contributed by atoms with van der Waals surface area (Å²) < 4.78 is 12.9. The van der Waals surface area contributed by atoms with Gasteiger partial charge in [-0.15, -0.1) is 0 Å². The molecular formula is C15H21Br2NO2. The van der Waals surface area contributed by atoms with E-state index in [0.717, 1.165) is 35.2 Å². The quantitative estimate of drug-likeness (QED) is 0.696. The van der Waals surface area contributed by atoms with Gasteiger partial charge in [0.1, 0.15) is 12.4 Å². The van der Waals surface area contributed by atoms with E-state index in [1.807, 2.05) is 24.3 Å². The molecular weight excluding hydrogens is 386 g/mol. The second-order valence-electron chi connectivity index (χ2n) is 5.69. The molecule has 3 nitrogen and oxygen atoms in total. The van der Waals surface area contributed by atoms with Gasteiger partial charge in [0.05, 0.1) is 11.7 Å². The second kappa shape index (κ2) is 7.25. The minimum atomic E-state index is -0.0890. The van der Waals surface area contributed by atoms with Gasteiger partial charge in [0.25, 0.3) is 0 Å². The van der Waals surface area contributed by atoms with Crippen LogP contribution in [0.1, 0.15) is 13.8 Å². The largest absolute Gasteiger partial charge is 0.492 e. The van der Waals surface area contributed by atoms with Crippen LogP contribution >= 0.6 is 31.9 Å². The van der Waals surface area contributed by atoms with Crippen LogP contribution in [0.25, 0.3) is 0 Å². The predicted octanol–water partition coefficient (Wildman–Crippen LogP) is 3.70. The number of morpholine rings is 1. The molecule has 1 aliphatic heterocycles. The molecule has 1 aliphatic rings. The summed E-state index contributed by atoms with van der Waals surface area (Å²) in [6, 6.07) is 7.95. The van der Waals surface area contributed by atoms with Crippen molar-refractivity contribution >= 4 is 31.9 Å². The van der Waals surface area contributed by atoms with Crippen LogP contribution in [-0.2, 0) is 4.74 Å². The maximum atomic E-state index is 6.00. The topological polar surface area (TPSA) is 21.7 Å². The van der Waals surface area contributed by atoms with Crippen molar-refractivity contribution in [3.8, 4) is 5.75 Å². The summed E-state index contributed by atoms with van der Waals surface area (Å²) in [4.78, 5) is 2.41. The van der Waals surface area contributed by atoms with Crippen LogP contribution < -0.4 is 4.74 Å². The van der Waals surface area contributed by atoms with Gasteiger partial charge in [-0.05, 0) is 38.1 Å². The molecule has 0 aromatic heterocycles. The number of benzene rings is 1. The van der Waals surface area contributed by atoms with Gasteiger partial charge >= 0.3 is 0 Å². The zero-order valence-corrected chi connectivity index (χ0v) is 15.1. The van der Waals surface area contributed by atoms with Crippen molar-refractivity contribution in [3.05, 3.63) is 28.7 Å². The first-order valence-corrected chi connectivity index (χ1v) is 8.74. The van der Waals surface area contributed by atoms with Crippen LogP contribution in [0.3, 0.4) is 0 Å². The number of nitrogens with zero attached hydrogens (tertiary/aromatic N) is 1. The van der Waals surface area contributed by atoms with Crippen molar-refractivity contribution < 1.29 is 9.47 Å². The summed E-state index contributed by atoms with van der Waals surface area (Å²) in [7, 11) is 0. The van der Waals surface area contributed by atoms with E-state index in [2.05, 4.69) is 50.6 Å². The minimum absolute atomic E-state index is 0.0890. The lowest BCUT2D eigenvalue weighted by atomic mass is 10.1. The van der Waals surface area contributed by atoms with Gasteiger partial charge in [-0.3, -0.25) is 4.90 Å². The highest BCUT2D eigenvalue weighted by Gasteiger charge is 2.32. The molecule has 112 valence electrons. The molecule has 1 atom stereocenters. The molecule has 0 aliphatic carbocycles. The normalized spacial score (nSPS) is 22.7. The summed E-state index contributed by atoms with van der Waals surface area (Å²) in [6.07, 6.45) is 0.256. The molecule has 1 fully saturated rings. The van der Waals surface area contributed by atoms with Gasteiger partial charge in [0, 0.05) is 29.4 Å². The van der Waals surface area contributed by atoms with Crippen molar-refractivity contribution in [2.75, 3.05) is 31.6 Å². The highest BCUT2D eigenvalue weighted by atomic mass is 79.9. The molecule has 0 radical (unpaired) electrons. The smallest absolute Gasteiger partial charge is 0.119 e. The predicted molar refractivity (Wildman–Crippen MR) is 88.8 cm³/mol. The average molecular weight is 407 g/mol. The Morgan fingerprint density at radius 3 is 2.70 bits per heavy atom. The van der Waals surface area contributed by atoms with Crippen molar-refractivity contribution in [2.45, 2.75) is 25.6 Å². The zero-order valence-electron chi connectivity index (χ0n) is 11.9. The third-order valence-electron chi connectivity index (χ3n) is 3.21. The third kappa shape index (κ3) is 5.02. The van der Waals surface area contributed by atoms with Gasteiger partial charge in [-0.25, -0.2) is 0 Å².